The molecule has 2 aromatic rings. The molecule has 20 heavy (non-hydrogen) atoms. The standard InChI is InChI=1S/C14H16BrFN4/c1-3-6-17-14-18-8-11(16)13(20-14)19-12-5-4-9(2)7-10(12)15/h4-5,7-8H,3,6H2,1-2H3,(H2,17,18,19,20). The number of hydrogen-bond donors (Lipinski definition) is 2. The summed E-state index contributed by atoms with van der Waals surface area (Å²) >= 11 is 3.45. The molecule has 0 bridgehead atoms. The Kier molecular flexibility index (Phi) is 4.89. The minimum atomic E-state index is -0.487. The van der Waals surface area contributed by atoms with Crippen LogP contribution in [0.5, 0.6) is 0 Å². The molecule has 4 nitrogen and oxygen atoms in total. The maximum Gasteiger partial charge on any atom is 0.224 e. The number of halogens is 2. The molecular formula is C14H16BrFN4. The second-order valence-electron chi connectivity index (χ2n) is 4.43. The SMILES string of the molecule is CCCNc1ncc(F)c(Nc2ccc(C)cc2Br)n1. The number of anilines is 3. The van der Waals surface area contributed by atoms with Gasteiger partial charge in [0.05, 0.1) is 11.9 Å². The van der Waals surface area contributed by atoms with Crippen LogP contribution in [0.1, 0.15) is 18.9 Å². The Bertz CT molecular complexity index is 604. The summed E-state index contributed by atoms with van der Waals surface area (Å²) in [6.07, 6.45) is 2.11. The van der Waals surface area contributed by atoms with Crippen molar-refractivity contribution in [1.29, 1.82) is 0 Å². The molecule has 0 saturated heterocycles. The third-order valence-electron chi connectivity index (χ3n) is 2.65. The fourth-order valence-electron chi connectivity index (χ4n) is 1.63. The molecule has 6 heteroatoms. The lowest BCUT2D eigenvalue weighted by Crippen LogP contribution is -2.07. The van der Waals surface area contributed by atoms with Gasteiger partial charge in [0.25, 0.3) is 0 Å². The Balaban J connectivity index is 2.23. The van der Waals surface area contributed by atoms with Crippen molar-refractivity contribution in [2.24, 2.45) is 0 Å². The molecule has 0 radical (unpaired) electrons. The van der Waals surface area contributed by atoms with Crippen molar-refractivity contribution in [3.63, 3.8) is 0 Å². The van der Waals surface area contributed by atoms with E-state index in [1.165, 1.54) is 0 Å². The summed E-state index contributed by atoms with van der Waals surface area (Å²) in [7, 11) is 0. The van der Waals surface area contributed by atoms with Crippen LogP contribution in [-0.2, 0) is 0 Å². The second kappa shape index (κ2) is 6.65. The maximum atomic E-state index is 13.8. The molecule has 2 N–H and O–H groups in total. The average molecular weight is 339 g/mol. The van der Waals surface area contributed by atoms with E-state index < -0.39 is 5.82 Å². The third kappa shape index (κ3) is 3.66. The molecule has 0 saturated carbocycles. The lowest BCUT2D eigenvalue weighted by atomic mass is 10.2. The number of rotatable bonds is 5. The average Bonchev–Trinajstić information content (AvgIpc) is 2.42. The summed E-state index contributed by atoms with van der Waals surface area (Å²) < 4.78 is 14.6. The summed E-state index contributed by atoms with van der Waals surface area (Å²) in [6.45, 7) is 4.78. The van der Waals surface area contributed by atoms with E-state index in [9.17, 15) is 4.39 Å². The van der Waals surface area contributed by atoms with E-state index in [2.05, 4.69) is 36.5 Å². The minimum Gasteiger partial charge on any atom is -0.354 e. The number of nitrogens with one attached hydrogen (secondary N) is 2. The van der Waals surface area contributed by atoms with E-state index >= 15 is 0 Å². The van der Waals surface area contributed by atoms with E-state index in [4.69, 9.17) is 0 Å². The van der Waals surface area contributed by atoms with Crippen LogP contribution < -0.4 is 10.6 Å². The third-order valence-corrected chi connectivity index (χ3v) is 3.31. The van der Waals surface area contributed by atoms with Crippen molar-refractivity contribution < 1.29 is 4.39 Å². The first-order valence-corrected chi connectivity index (χ1v) is 7.19. The molecule has 1 aromatic carbocycles. The Hall–Kier alpha value is -1.69. The largest absolute Gasteiger partial charge is 0.354 e. The second-order valence-corrected chi connectivity index (χ2v) is 5.28. The first kappa shape index (κ1) is 14.7. The predicted octanol–water partition coefficient (Wildman–Crippen LogP) is 4.25. The fraction of sp³-hybridized carbons (Fsp3) is 0.286. The highest BCUT2D eigenvalue weighted by Crippen LogP contribution is 2.27. The molecule has 1 heterocycles. The summed E-state index contributed by atoms with van der Waals surface area (Å²) in [5.74, 6) is 0.0849. The van der Waals surface area contributed by atoms with Gasteiger partial charge in [0.2, 0.25) is 5.95 Å². The monoisotopic (exact) mass is 338 g/mol. The van der Waals surface area contributed by atoms with Crippen molar-refractivity contribution in [3.8, 4) is 0 Å². The Morgan fingerprint density at radius 3 is 2.85 bits per heavy atom. The Morgan fingerprint density at radius 1 is 1.35 bits per heavy atom. The van der Waals surface area contributed by atoms with Crippen LogP contribution in [-0.4, -0.2) is 16.5 Å². The van der Waals surface area contributed by atoms with Gasteiger partial charge in [-0.3, -0.25) is 0 Å². The summed E-state index contributed by atoms with van der Waals surface area (Å²) in [6, 6.07) is 5.78. The van der Waals surface area contributed by atoms with Crippen LogP contribution in [0.3, 0.4) is 0 Å². The van der Waals surface area contributed by atoms with E-state index in [0.29, 0.717) is 5.95 Å². The Morgan fingerprint density at radius 2 is 2.15 bits per heavy atom. The lowest BCUT2D eigenvalue weighted by Gasteiger charge is -2.10. The molecule has 2 rings (SSSR count). The quantitative estimate of drug-likeness (QED) is 0.855. The van der Waals surface area contributed by atoms with Gasteiger partial charge in [-0.1, -0.05) is 13.0 Å². The predicted molar refractivity (Wildman–Crippen MR) is 82.9 cm³/mol. The van der Waals surface area contributed by atoms with Crippen LogP contribution in [0.4, 0.5) is 21.8 Å². The first-order valence-electron chi connectivity index (χ1n) is 6.39. The highest BCUT2D eigenvalue weighted by molar-refractivity contribution is 9.10. The summed E-state index contributed by atoms with van der Waals surface area (Å²) in [5.41, 5.74) is 1.88. The molecule has 0 aliphatic rings. The molecule has 0 unspecified atom stereocenters. The molecule has 0 fully saturated rings. The van der Waals surface area contributed by atoms with Crippen LogP contribution >= 0.6 is 15.9 Å². The molecule has 0 spiro atoms. The van der Waals surface area contributed by atoms with E-state index in [0.717, 1.165) is 34.9 Å². The smallest absolute Gasteiger partial charge is 0.224 e. The lowest BCUT2D eigenvalue weighted by molar-refractivity contribution is 0.619. The highest BCUT2D eigenvalue weighted by atomic mass is 79.9. The molecule has 0 amide bonds. The zero-order valence-electron chi connectivity index (χ0n) is 11.4. The van der Waals surface area contributed by atoms with Crippen LogP contribution in [0.25, 0.3) is 0 Å². The van der Waals surface area contributed by atoms with Gasteiger partial charge in [-0.15, -0.1) is 0 Å². The molecule has 1 aromatic heterocycles. The molecular weight excluding hydrogens is 323 g/mol. The van der Waals surface area contributed by atoms with Gasteiger partial charge in [-0.2, -0.15) is 4.98 Å². The number of benzene rings is 1. The van der Waals surface area contributed by atoms with Crippen LogP contribution in [0, 0.1) is 12.7 Å². The van der Waals surface area contributed by atoms with Crippen molar-refractivity contribution in [3.05, 3.63) is 40.2 Å². The maximum absolute atomic E-state index is 13.8. The van der Waals surface area contributed by atoms with Gasteiger partial charge < -0.3 is 10.6 Å². The first-order chi connectivity index (χ1) is 9.60. The van der Waals surface area contributed by atoms with Gasteiger partial charge in [0.1, 0.15) is 0 Å². The molecule has 0 aliphatic carbocycles. The summed E-state index contributed by atoms with van der Waals surface area (Å²) in [5, 5.41) is 6.00. The normalized spacial score (nSPS) is 10.4. The zero-order valence-corrected chi connectivity index (χ0v) is 13.0. The van der Waals surface area contributed by atoms with E-state index in [1.807, 2.05) is 32.0 Å². The Labute approximate surface area is 126 Å². The summed E-state index contributed by atoms with van der Waals surface area (Å²) in [4.78, 5) is 8.05. The van der Waals surface area contributed by atoms with E-state index in [1.54, 1.807) is 0 Å². The molecule has 0 atom stereocenters. The van der Waals surface area contributed by atoms with Crippen molar-refractivity contribution in [2.75, 3.05) is 17.2 Å². The molecule has 106 valence electrons. The van der Waals surface area contributed by atoms with E-state index in [-0.39, 0.29) is 5.82 Å². The highest BCUT2D eigenvalue weighted by Gasteiger charge is 2.09. The minimum absolute atomic E-state index is 0.156. The molecule has 0 aliphatic heterocycles. The van der Waals surface area contributed by atoms with Crippen molar-refractivity contribution in [1.82, 2.24) is 9.97 Å². The fourth-order valence-corrected chi connectivity index (χ4v) is 2.22. The van der Waals surface area contributed by atoms with Gasteiger partial charge in [0, 0.05) is 11.0 Å². The number of hydrogen-bond acceptors (Lipinski definition) is 4. The number of nitrogens with zero attached hydrogens (tertiary/aromatic N) is 2. The van der Waals surface area contributed by atoms with Crippen LogP contribution in [0.15, 0.2) is 28.9 Å². The zero-order chi connectivity index (χ0) is 14.5. The van der Waals surface area contributed by atoms with Gasteiger partial charge >= 0.3 is 0 Å². The number of aromatic nitrogens is 2. The van der Waals surface area contributed by atoms with Gasteiger partial charge in [0.15, 0.2) is 11.6 Å². The van der Waals surface area contributed by atoms with Gasteiger partial charge in [-0.05, 0) is 47.0 Å². The van der Waals surface area contributed by atoms with Gasteiger partial charge in [-0.25, -0.2) is 9.37 Å². The topological polar surface area (TPSA) is 49.8 Å². The van der Waals surface area contributed by atoms with Crippen molar-refractivity contribution >= 4 is 33.4 Å². The number of aryl methyl sites for hydroxylation is 1. The van der Waals surface area contributed by atoms with Crippen molar-refractivity contribution in [2.45, 2.75) is 20.3 Å². The van der Waals surface area contributed by atoms with Crippen LogP contribution in [0.2, 0.25) is 0 Å².